The van der Waals surface area contributed by atoms with E-state index in [0.717, 1.165) is 17.7 Å². The van der Waals surface area contributed by atoms with Crippen molar-refractivity contribution in [2.45, 2.75) is 26.3 Å². The van der Waals surface area contributed by atoms with Crippen LogP contribution in [0.25, 0.3) is 11.0 Å². The van der Waals surface area contributed by atoms with E-state index in [1.807, 2.05) is 38.1 Å². The van der Waals surface area contributed by atoms with E-state index in [0.29, 0.717) is 32.7 Å². The van der Waals surface area contributed by atoms with Gasteiger partial charge in [-0.3, -0.25) is 14.5 Å². The van der Waals surface area contributed by atoms with Gasteiger partial charge in [-0.2, -0.15) is 0 Å². The van der Waals surface area contributed by atoms with Crippen LogP contribution in [0.4, 0.5) is 5.13 Å². The van der Waals surface area contributed by atoms with Gasteiger partial charge in [0.05, 0.1) is 23.6 Å². The number of hydrogen-bond acceptors (Lipinski definition) is 7. The molecule has 2 aromatic heterocycles. The van der Waals surface area contributed by atoms with Crippen molar-refractivity contribution in [2.75, 3.05) is 11.5 Å². The van der Waals surface area contributed by atoms with E-state index in [-0.39, 0.29) is 16.8 Å². The number of aryl methyl sites for hydroxylation is 1. The largest absolute Gasteiger partial charge is 0.494 e. The minimum absolute atomic E-state index is 0.00832. The van der Waals surface area contributed by atoms with Gasteiger partial charge in [0.15, 0.2) is 5.43 Å². The van der Waals surface area contributed by atoms with Crippen LogP contribution in [0.15, 0.2) is 51.7 Å². The standard InChI is InChI=1S/C23H18ClN3O4S/c1-3-10-30-15-7-4-13(5-8-15)19-18-20(28)16-11-14(24)6-9-17(16)31-21(18)22(29)27(19)23-26-25-12(2)32-23/h4-9,11,19H,3,10H2,1-2H3/t19-/m1/s1. The van der Waals surface area contributed by atoms with Crippen molar-refractivity contribution >= 4 is 44.9 Å². The average molecular weight is 468 g/mol. The first-order chi connectivity index (χ1) is 15.5. The maximum Gasteiger partial charge on any atom is 0.297 e. The molecule has 0 N–H and O–H groups in total. The summed E-state index contributed by atoms with van der Waals surface area (Å²) in [6, 6.07) is 11.4. The van der Waals surface area contributed by atoms with Crippen molar-refractivity contribution < 1.29 is 13.9 Å². The monoisotopic (exact) mass is 467 g/mol. The van der Waals surface area contributed by atoms with E-state index in [9.17, 15) is 9.59 Å². The number of fused-ring (bicyclic) bond motifs is 2. The molecule has 3 heterocycles. The Kier molecular flexibility index (Phi) is 5.19. The highest BCUT2D eigenvalue weighted by atomic mass is 35.5. The fourth-order valence-electron chi connectivity index (χ4n) is 3.81. The zero-order chi connectivity index (χ0) is 22.4. The predicted molar refractivity (Wildman–Crippen MR) is 123 cm³/mol. The number of ether oxygens (including phenoxy) is 1. The van der Waals surface area contributed by atoms with Crippen LogP contribution < -0.4 is 15.1 Å². The van der Waals surface area contributed by atoms with Gasteiger partial charge in [0, 0.05) is 5.02 Å². The molecule has 5 rings (SSSR count). The number of amides is 1. The lowest BCUT2D eigenvalue weighted by Crippen LogP contribution is -2.29. The highest BCUT2D eigenvalue weighted by molar-refractivity contribution is 7.15. The normalized spacial score (nSPS) is 15.4. The van der Waals surface area contributed by atoms with Gasteiger partial charge in [-0.25, -0.2) is 0 Å². The van der Waals surface area contributed by atoms with Crippen LogP contribution in [-0.2, 0) is 0 Å². The molecule has 0 spiro atoms. The summed E-state index contributed by atoms with van der Waals surface area (Å²) in [7, 11) is 0. The average Bonchev–Trinajstić information content (AvgIpc) is 3.34. The van der Waals surface area contributed by atoms with Gasteiger partial charge in [-0.1, -0.05) is 42.0 Å². The molecule has 7 nitrogen and oxygen atoms in total. The molecule has 2 aromatic carbocycles. The fourth-order valence-corrected chi connectivity index (χ4v) is 4.69. The van der Waals surface area contributed by atoms with Crippen LogP contribution in [0.2, 0.25) is 5.02 Å². The summed E-state index contributed by atoms with van der Waals surface area (Å²) in [5.74, 6) is 0.297. The molecular weight excluding hydrogens is 450 g/mol. The third-order valence-corrected chi connectivity index (χ3v) is 6.30. The van der Waals surface area contributed by atoms with Crippen molar-refractivity contribution in [1.82, 2.24) is 10.2 Å². The quantitative estimate of drug-likeness (QED) is 0.403. The molecule has 1 amide bonds. The van der Waals surface area contributed by atoms with Crippen molar-refractivity contribution in [3.8, 4) is 5.75 Å². The van der Waals surface area contributed by atoms with Crippen LogP contribution in [0.1, 0.15) is 46.1 Å². The van der Waals surface area contributed by atoms with E-state index in [1.54, 1.807) is 18.2 Å². The van der Waals surface area contributed by atoms with Gasteiger partial charge in [0.2, 0.25) is 10.9 Å². The van der Waals surface area contributed by atoms with Crippen molar-refractivity contribution in [3.63, 3.8) is 0 Å². The molecule has 0 radical (unpaired) electrons. The second-order valence-electron chi connectivity index (χ2n) is 7.41. The molecule has 0 saturated carbocycles. The molecule has 9 heteroatoms. The summed E-state index contributed by atoms with van der Waals surface area (Å²) in [5.41, 5.74) is 1.02. The Hall–Kier alpha value is -3.23. The zero-order valence-corrected chi connectivity index (χ0v) is 18.9. The number of rotatable bonds is 5. The van der Waals surface area contributed by atoms with Crippen LogP contribution >= 0.6 is 22.9 Å². The maximum atomic E-state index is 13.5. The lowest BCUT2D eigenvalue weighted by atomic mass is 9.98. The van der Waals surface area contributed by atoms with Crippen LogP contribution in [0.3, 0.4) is 0 Å². The lowest BCUT2D eigenvalue weighted by molar-refractivity contribution is 0.0970. The van der Waals surface area contributed by atoms with Crippen molar-refractivity contribution in [1.29, 1.82) is 0 Å². The number of carbonyl (C=O) groups excluding carboxylic acids is 1. The topological polar surface area (TPSA) is 85.5 Å². The Morgan fingerprint density at radius 1 is 1.16 bits per heavy atom. The first-order valence-corrected chi connectivity index (χ1v) is 11.3. The number of nitrogens with zero attached hydrogens (tertiary/aromatic N) is 3. The fraction of sp³-hybridized carbons (Fsp3) is 0.217. The van der Waals surface area contributed by atoms with Crippen LogP contribution in [0.5, 0.6) is 5.75 Å². The van der Waals surface area contributed by atoms with E-state index >= 15 is 0 Å². The molecule has 0 saturated heterocycles. The Labute approximate surface area is 192 Å². The van der Waals surface area contributed by atoms with Crippen molar-refractivity contribution in [2.24, 2.45) is 0 Å². The molecule has 1 aliphatic heterocycles. The highest BCUT2D eigenvalue weighted by Gasteiger charge is 2.45. The number of benzene rings is 2. The number of anilines is 1. The third-order valence-electron chi connectivity index (χ3n) is 5.22. The number of halogens is 1. The second kappa shape index (κ2) is 8.03. The summed E-state index contributed by atoms with van der Waals surface area (Å²) in [6.07, 6.45) is 0.896. The molecule has 162 valence electrons. The molecule has 0 unspecified atom stereocenters. The van der Waals surface area contributed by atoms with E-state index in [4.69, 9.17) is 20.8 Å². The summed E-state index contributed by atoms with van der Waals surface area (Å²) < 4.78 is 11.6. The summed E-state index contributed by atoms with van der Waals surface area (Å²) in [6.45, 7) is 4.45. The Morgan fingerprint density at radius 2 is 1.94 bits per heavy atom. The van der Waals surface area contributed by atoms with Crippen LogP contribution in [-0.4, -0.2) is 22.7 Å². The summed E-state index contributed by atoms with van der Waals surface area (Å²) in [4.78, 5) is 28.5. The Bertz CT molecular complexity index is 1400. The summed E-state index contributed by atoms with van der Waals surface area (Å²) in [5, 5.41) is 10.1. The van der Waals surface area contributed by atoms with Gasteiger partial charge in [-0.05, 0) is 49.2 Å². The highest BCUT2D eigenvalue weighted by Crippen LogP contribution is 2.42. The van der Waals surface area contributed by atoms with Gasteiger partial charge >= 0.3 is 0 Å². The first-order valence-electron chi connectivity index (χ1n) is 10.1. The molecule has 0 aliphatic carbocycles. The smallest absolute Gasteiger partial charge is 0.297 e. The zero-order valence-electron chi connectivity index (χ0n) is 17.3. The van der Waals surface area contributed by atoms with E-state index in [1.165, 1.54) is 16.2 Å². The number of aromatic nitrogens is 2. The first kappa shape index (κ1) is 20.7. The molecule has 1 aliphatic rings. The third kappa shape index (κ3) is 3.36. The molecule has 0 fully saturated rings. The summed E-state index contributed by atoms with van der Waals surface area (Å²) >= 11 is 7.40. The van der Waals surface area contributed by atoms with Gasteiger partial charge in [-0.15, -0.1) is 10.2 Å². The molecule has 4 aromatic rings. The van der Waals surface area contributed by atoms with E-state index < -0.39 is 11.9 Å². The van der Waals surface area contributed by atoms with Crippen LogP contribution in [0, 0.1) is 6.92 Å². The Morgan fingerprint density at radius 3 is 2.62 bits per heavy atom. The predicted octanol–water partition coefficient (Wildman–Crippen LogP) is 5.14. The molecular formula is C23H18ClN3O4S. The SMILES string of the molecule is CCCOc1ccc([C@@H]2c3c(oc4ccc(Cl)cc4c3=O)C(=O)N2c2nnc(C)s2)cc1. The molecule has 32 heavy (non-hydrogen) atoms. The number of hydrogen-bond donors (Lipinski definition) is 0. The maximum absolute atomic E-state index is 13.5. The minimum atomic E-state index is -0.704. The van der Waals surface area contributed by atoms with E-state index in [2.05, 4.69) is 10.2 Å². The second-order valence-corrected chi connectivity index (χ2v) is 9.01. The molecule has 1 atom stereocenters. The molecule has 0 bridgehead atoms. The lowest BCUT2D eigenvalue weighted by Gasteiger charge is -2.22. The van der Waals surface area contributed by atoms with Gasteiger partial charge in [0.25, 0.3) is 5.91 Å². The van der Waals surface area contributed by atoms with Crippen molar-refractivity contribution in [3.05, 3.63) is 79.6 Å². The minimum Gasteiger partial charge on any atom is -0.494 e. The number of carbonyl (C=O) groups is 1. The van der Waals surface area contributed by atoms with Gasteiger partial charge < -0.3 is 9.15 Å². The van der Waals surface area contributed by atoms with Gasteiger partial charge in [0.1, 0.15) is 16.3 Å². The Balaban J connectivity index is 1.72.